The maximum atomic E-state index is 4.30. The molecule has 1 N–H and O–H groups in total. The van der Waals surface area contributed by atoms with Gasteiger partial charge in [0.05, 0.1) is 17.9 Å². The highest BCUT2D eigenvalue weighted by Crippen LogP contribution is 2.23. The second kappa shape index (κ2) is 5.73. The molecule has 102 valence electrons. The SMILES string of the molecule is CC(C)n1ncnc1CNc1ccccc1N(C)C. The molecule has 0 unspecified atom stereocenters. The molecule has 0 bridgehead atoms. The predicted octanol–water partition coefficient (Wildman–Crippen LogP) is 2.54. The van der Waals surface area contributed by atoms with Crippen LogP contribution in [0.1, 0.15) is 25.7 Å². The smallest absolute Gasteiger partial charge is 0.146 e. The second-order valence-electron chi connectivity index (χ2n) is 4.98. The lowest BCUT2D eigenvalue weighted by atomic mass is 10.2. The molecule has 2 aromatic rings. The van der Waals surface area contributed by atoms with E-state index in [-0.39, 0.29) is 0 Å². The molecule has 0 amide bonds. The molecule has 1 aromatic heterocycles. The fraction of sp³-hybridized carbons (Fsp3) is 0.429. The Labute approximate surface area is 114 Å². The van der Waals surface area contributed by atoms with E-state index in [0.29, 0.717) is 12.6 Å². The third-order valence-electron chi connectivity index (χ3n) is 2.96. The lowest BCUT2D eigenvalue weighted by molar-refractivity contribution is 0.509. The Morgan fingerprint density at radius 1 is 1.26 bits per heavy atom. The first-order chi connectivity index (χ1) is 9.09. The van der Waals surface area contributed by atoms with Gasteiger partial charge in [0.1, 0.15) is 12.2 Å². The Kier molecular flexibility index (Phi) is 4.04. The number of anilines is 2. The number of hydrogen-bond acceptors (Lipinski definition) is 4. The van der Waals surface area contributed by atoms with E-state index in [1.54, 1.807) is 6.33 Å². The molecule has 0 aliphatic rings. The lowest BCUT2D eigenvalue weighted by Crippen LogP contribution is -2.15. The number of hydrogen-bond donors (Lipinski definition) is 1. The van der Waals surface area contributed by atoms with Gasteiger partial charge in [-0.05, 0) is 26.0 Å². The Bertz CT molecular complexity index is 530. The molecule has 1 aromatic carbocycles. The molecule has 2 rings (SSSR count). The third kappa shape index (κ3) is 3.05. The zero-order chi connectivity index (χ0) is 13.8. The summed E-state index contributed by atoms with van der Waals surface area (Å²) in [5.74, 6) is 0.948. The van der Waals surface area contributed by atoms with E-state index in [9.17, 15) is 0 Å². The van der Waals surface area contributed by atoms with E-state index >= 15 is 0 Å². The molecule has 0 saturated heterocycles. The number of para-hydroxylation sites is 2. The normalized spacial score (nSPS) is 10.8. The van der Waals surface area contributed by atoms with E-state index in [0.717, 1.165) is 17.2 Å². The zero-order valence-corrected chi connectivity index (χ0v) is 12.0. The van der Waals surface area contributed by atoms with E-state index in [4.69, 9.17) is 0 Å². The minimum absolute atomic E-state index is 0.323. The Hall–Kier alpha value is -2.04. The van der Waals surface area contributed by atoms with Gasteiger partial charge in [0.25, 0.3) is 0 Å². The molecule has 1 heterocycles. The third-order valence-corrected chi connectivity index (χ3v) is 2.96. The maximum absolute atomic E-state index is 4.30. The van der Waals surface area contributed by atoms with Crippen molar-refractivity contribution in [3.05, 3.63) is 36.4 Å². The highest BCUT2D eigenvalue weighted by Gasteiger charge is 2.08. The van der Waals surface area contributed by atoms with E-state index in [1.165, 1.54) is 0 Å². The fourth-order valence-electron chi connectivity index (χ4n) is 2.02. The number of aromatic nitrogens is 3. The lowest BCUT2D eigenvalue weighted by Gasteiger charge is -2.18. The molecule has 0 saturated carbocycles. The van der Waals surface area contributed by atoms with E-state index < -0.39 is 0 Å². The standard InChI is InChI=1S/C14H21N5/c1-11(2)19-14(16-10-17-19)9-15-12-7-5-6-8-13(12)18(3)4/h5-8,10-11,15H,9H2,1-4H3. The summed E-state index contributed by atoms with van der Waals surface area (Å²) in [4.78, 5) is 6.40. The first-order valence-electron chi connectivity index (χ1n) is 6.48. The Balaban J connectivity index is 2.13. The van der Waals surface area contributed by atoms with Crippen LogP contribution in [-0.2, 0) is 6.54 Å². The van der Waals surface area contributed by atoms with E-state index in [1.807, 2.05) is 30.9 Å². The van der Waals surface area contributed by atoms with Crippen molar-refractivity contribution in [1.29, 1.82) is 0 Å². The molecule has 0 spiro atoms. The van der Waals surface area contributed by atoms with Gasteiger partial charge in [0.15, 0.2) is 0 Å². The Morgan fingerprint density at radius 3 is 2.68 bits per heavy atom. The molecule has 5 heteroatoms. The van der Waals surface area contributed by atoms with Gasteiger partial charge < -0.3 is 10.2 Å². The predicted molar refractivity (Wildman–Crippen MR) is 78.5 cm³/mol. The summed E-state index contributed by atoms with van der Waals surface area (Å²) in [6.45, 7) is 4.88. The van der Waals surface area contributed by atoms with Crippen LogP contribution in [0.4, 0.5) is 11.4 Å². The van der Waals surface area contributed by atoms with Gasteiger partial charge in [-0.25, -0.2) is 9.67 Å². The van der Waals surface area contributed by atoms with Crippen LogP contribution in [0, 0.1) is 0 Å². The van der Waals surface area contributed by atoms with Crippen LogP contribution in [0.3, 0.4) is 0 Å². The molecular formula is C14H21N5. The number of rotatable bonds is 5. The number of nitrogens with one attached hydrogen (secondary N) is 1. The van der Waals surface area contributed by atoms with Gasteiger partial charge >= 0.3 is 0 Å². The van der Waals surface area contributed by atoms with Gasteiger partial charge in [0.2, 0.25) is 0 Å². The molecule has 0 atom stereocenters. The summed E-state index contributed by atoms with van der Waals surface area (Å²) >= 11 is 0. The van der Waals surface area contributed by atoms with Crippen LogP contribution < -0.4 is 10.2 Å². The molecular weight excluding hydrogens is 238 g/mol. The van der Waals surface area contributed by atoms with Crippen molar-refractivity contribution in [2.45, 2.75) is 26.4 Å². The number of benzene rings is 1. The molecule has 0 fully saturated rings. The maximum Gasteiger partial charge on any atom is 0.146 e. The monoisotopic (exact) mass is 259 g/mol. The quantitative estimate of drug-likeness (QED) is 0.896. The molecule has 0 aliphatic carbocycles. The van der Waals surface area contributed by atoms with Gasteiger partial charge in [-0.2, -0.15) is 5.10 Å². The minimum Gasteiger partial charge on any atom is -0.376 e. The average molecular weight is 259 g/mol. The largest absolute Gasteiger partial charge is 0.376 e. The van der Waals surface area contributed by atoms with Crippen LogP contribution in [-0.4, -0.2) is 28.9 Å². The summed E-state index contributed by atoms with van der Waals surface area (Å²) in [5, 5.41) is 7.67. The topological polar surface area (TPSA) is 46.0 Å². The van der Waals surface area contributed by atoms with E-state index in [2.05, 4.69) is 46.3 Å². The first kappa shape index (κ1) is 13.4. The summed E-state index contributed by atoms with van der Waals surface area (Å²) in [5.41, 5.74) is 2.27. The fourth-order valence-corrected chi connectivity index (χ4v) is 2.02. The summed E-state index contributed by atoms with van der Waals surface area (Å²) < 4.78 is 1.94. The molecule has 5 nitrogen and oxygen atoms in total. The molecule has 19 heavy (non-hydrogen) atoms. The Morgan fingerprint density at radius 2 is 2.00 bits per heavy atom. The van der Waals surface area contributed by atoms with Gasteiger partial charge in [0, 0.05) is 20.1 Å². The van der Waals surface area contributed by atoms with Crippen molar-refractivity contribution < 1.29 is 0 Å². The van der Waals surface area contributed by atoms with Crippen LogP contribution in [0.2, 0.25) is 0 Å². The van der Waals surface area contributed by atoms with Crippen molar-refractivity contribution in [3.63, 3.8) is 0 Å². The number of nitrogens with zero attached hydrogens (tertiary/aromatic N) is 4. The second-order valence-corrected chi connectivity index (χ2v) is 4.98. The van der Waals surface area contributed by atoms with Crippen molar-refractivity contribution in [3.8, 4) is 0 Å². The van der Waals surface area contributed by atoms with Crippen molar-refractivity contribution in [1.82, 2.24) is 14.8 Å². The van der Waals surface area contributed by atoms with Gasteiger partial charge in [-0.3, -0.25) is 0 Å². The summed E-state index contributed by atoms with van der Waals surface area (Å²) in [6.07, 6.45) is 1.61. The van der Waals surface area contributed by atoms with Crippen molar-refractivity contribution in [2.24, 2.45) is 0 Å². The van der Waals surface area contributed by atoms with Crippen LogP contribution >= 0.6 is 0 Å². The van der Waals surface area contributed by atoms with Crippen LogP contribution in [0.25, 0.3) is 0 Å². The zero-order valence-electron chi connectivity index (χ0n) is 12.0. The first-order valence-corrected chi connectivity index (χ1v) is 6.48. The summed E-state index contributed by atoms with van der Waals surface area (Å²) in [6, 6.07) is 8.56. The summed E-state index contributed by atoms with van der Waals surface area (Å²) in [7, 11) is 4.08. The highest BCUT2D eigenvalue weighted by molar-refractivity contribution is 5.69. The average Bonchev–Trinajstić information content (AvgIpc) is 2.85. The van der Waals surface area contributed by atoms with Gasteiger partial charge in [-0.15, -0.1) is 0 Å². The van der Waals surface area contributed by atoms with Crippen molar-refractivity contribution in [2.75, 3.05) is 24.3 Å². The molecule has 0 aliphatic heterocycles. The van der Waals surface area contributed by atoms with Crippen LogP contribution in [0.5, 0.6) is 0 Å². The van der Waals surface area contributed by atoms with Gasteiger partial charge in [-0.1, -0.05) is 12.1 Å². The van der Waals surface area contributed by atoms with Crippen molar-refractivity contribution >= 4 is 11.4 Å². The minimum atomic E-state index is 0.323. The highest BCUT2D eigenvalue weighted by atomic mass is 15.4. The van der Waals surface area contributed by atoms with Crippen LogP contribution in [0.15, 0.2) is 30.6 Å². The molecule has 0 radical (unpaired) electrons.